The van der Waals surface area contributed by atoms with Gasteiger partial charge >= 0.3 is 0 Å². The highest BCUT2D eigenvalue weighted by atomic mass is 16.4. The summed E-state index contributed by atoms with van der Waals surface area (Å²) in [4.78, 5) is 4.37. The van der Waals surface area contributed by atoms with Crippen LogP contribution in [0.5, 0.6) is 0 Å². The van der Waals surface area contributed by atoms with Crippen LogP contribution in [0.1, 0.15) is 5.89 Å². The maximum Gasteiger partial charge on any atom is 0.247 e. The van der Waals surface area contributed by atoms with E-state index in [2.05, 4.69) is 15.2 Å². The fourth-order valence-electron chi connectivity index (χ4n) is 2.30. The number of pyridine rings is 1. The van der Waals surface area contributed by atoms with Crippen molar-refractivity contribution in [1.82, 2.24) is 15.2 Å². The van der Waals surface area contributed by atoms with Crippen LogP contribution in [0, 0.1) is 6.92 Å². The van der Waals surface area contributed by atoms with Crippen LogP contribution in [0.15, 0.2) is 57.7 Å². The molecule has 0 amide bonds. The number of fused-ring (bicyclic) bond motifs is 1. The number of benzene rings is 1. The molecule has 0 N–H and O–H groups in total. The molecule has 5 nitrogen and oxygen atoms in total. The zero-order valence-electron chi connectivity index (χ0n) is 11.3. The van der Waals surface area contributed by atoms with Crippen LogP contribution in [-0.4, -0.2) is 15.2 Å². The van der Waals surface area contributed by atoms with Gasteiger partial charge in [-0.15, -0.1) is 10.2 Å². The van der Waals surface area contributed by atoms with Crippen molar-refractivity contribution in [3.05, 3.63) is 54.7 Å². The summed E-state index contributed by atoms with van der Waals surface area (Å²) >= 11 is 0. The highest BCUT2D eigenvalue weighted by Crippen LogP contribution is 2.32. The first kappa shape index (κ1) is 11.8. The first-order valence-electron chi connectivity index (χ1n) is 6.54. The summed E-state index contributed by atoms with van der Waals surface area (Å²) in [5, 5.41) is 8.88. The lowest BCUT2D eigenvalue weighted by molar-refractivity contribution is 0.533. The first-order chi connectivity index (χ1) is 10.3. The second-order valence-electron chi connectivity index (χ2n) is 4.70. The molecule has 0 atom stereocenters. The molecule has 0 bridgehead atoms. The van der Waals surface area contributed by atoms with Crippen molar-refractivity contribution in [1.29, 1.82) is 0 Å². The minimum absolute atomic E-state index is 0.502. The SMILES string of the molecule is Cc1nnc(-c2ccc3occ(-c4ccccn4)c3c2)o1. The Bertz CT molecular complexity index is 910. The van der Waals surface area contributed by atoms with Gasteiger partial charge in [-0.25, -0.2) is 0 Å². The topological polar surface area (TPSA) is 65.0 Å². The Morgan fingerprint density at radius 3 is 2.76 bits per heavy atom. The predicted molar refractivity (Wildman–Crippen MR) is 77.5 cm³/mol. The Morgan fingerprint density at radius 2 is 2.00 bits per heavy atom. The minimum Gasteiger partial charge on any atom is -0.464 e. The van der Waals surface area contributed by atoms with Gasteiger partial charge in [-0.3, -0.25) is 4.98 Å². The highest BCUT2D eigenvalue weighted by molar-refractivity contribution is 5.95. The third-order valence-corrected chi connectivity index (χ3v) is 3.29. The number of aromatic nitrogens is 3. The lowest BCUT2D eigenvalue weighted by atomic mass is 10.1. The predicted octanol–water partition coefficient (Wildman–Crippen LogP) is 3.85. The molecule has 0 aliphatic rings. The van der Waals surface area contributed by atoms with Crippen molar-refractivity contribution in [2.75, 3.05) is 0 Å². The van der Waals surface area contributed by atoms with E-state index in [1.54, 1.807) is 19.4 Å². The summed E-state index contributed by atoms with van der Waals surface area (Å²) in [5.41, 5.74) is 3.48. The monoisotopic (exact) mass is 277 g/mol. The summed E-state index contributed by atoms with van der Waals surface area (Å²) in [5.74, 6) is 1.05. The molecule has 4 rings (SSSR count). The van der Waals surface area contributed by atoms with Crippen LogP contribution in [0.3, 0.4) is 0 Å². The second kappa shape index (κ2) is 4.56. The summed E-state index contributed by atoms with van der Waals surface area (Å²) < 4.78 is 11.1. The van der Waals surface area contributed by atoms with Gasteiger partial charge in [-0.1, -0.05) is 6.07 Å². The van der Waals surface area contributed by atoms with Crippen LogP contribution in [0.25, 0.3) is 33.7 Å². The molecule has 0 aliphatic carbocycles. The van der Waals surface area contributed by atoms with Gasteiger partial charge in [0, 0.05) is 29.6 Å². The summed E-state index contributed by atoms with van der Waals surface area (Å²) in [6.07, 6.45) is 3.48. The van der Waals surface area contributed by atoms with E-state index < -0.39 is 0 Å². The van der Waals surface area contributed by atoms with Gasteiger partial charge in [0.2, 0.25) is 11.8 Å². The van der Waals surface area contributed by atoms with Gasteiger partial charge in [0.25, 0.3) is 0 Å². The quantitative estimate of drug-likeness (QED) is 0.556. The molecule has 5 heteroatoms. The van der Waals surface area contributed by atoms with E-state index >= 15 is 0 Å². The third kappa shape index (κ3) is 1.99. The van der Waals surface area contributed by atoms with Crippen molar-refractivity contribution in [2.45, 2.75) is 6.92 Å². The molecule has 0 saturated heterocycles. The number of rotatable bonds is 2. The number of furan rings is 1. The molecule has 1 aromatic carbocycles. The van der Waals surface area contributed by atoms with Crippen molar-refractivity contribution < 1.29 is 8.83 Å². The third-order valence-electron chi connectivity index (χ3n) is 3.29. The molecular weight excluding hydrogens is 266 g/mol. The minimum atomic E-state index is 0.502. The van der Waals surface area contributed by atoms with Crippen LogP contribution >= 0.6 is 0 Å². The van der Waals surface area contributed by atoms with E-state index in [-0.39, 0.29) is 0 Å². The standard InChI is InChI=1S/C16H11N3O2/c1-10-18-19-16(21-10)11-5-6-15-12(8-11)13(9-20-15)14-4-2-3-7-17-14/h2-9H,1H3. The molecule has 4 aromatic rings. The average molecular weight is 277 g/mol. The van der Waals surface area contributed by atoms with Gasteiger partial charge in [0.1, 0.15) is 11.8 Å². The van der Waals surface area contributed by atoms with Crippen LogP contribution in [0.4, 0.5) is 0 Å². The lowest BCUT2D eigenvalue weighted by Crippen LogP contribution is -1.81. The smallest absolute Gasteiger partial charge is 0.247 e. The van der Waals surface area contributed by atoms with Crippen molar-refractivity contribution in [3.63, 3.8) is 0 Å². The van der Waals surface area contributed by atoms with Crippen molar-refractivity contribution in [2.24, 2.45) is 0 Å². The summed E-state index contributed by atoms with van der Waals surface area (Å²) in [7, 11) is 0. The number of aryl methyl sites for hydroxylation is 1. The zero-order chi connectivity index (χ0) is 14.2. The number of hydrogen-bond acceptors (Lipinski definition) is 5. The number of hydrogen-bond donors (Lipinski definition) is 0. The Balaban J connectivity index is 1.90. The fourth-order valence-corrected chi connectivity index (χ4v) is 2.30. The van der Waals surface area contributed by atoms with E-state index in [1.165, 1.54) is 0 Å². The average Bonchev–Trinajstić information content (AvgIpc) is 3.13. The highest BCUT2D eigenvalue weighted by Gasteiger charge is 2.12. The molecular formula is C16H11N3O2. The molecule has 3 heterocycles. The molecule has 3 aromatic heterocycles. The maximum absolute atomic E-state index is 5.59. The van der Waals surface area contributed by atoms with Crippen LogP contribution in [-0.2, 0) is 0 Å². The van der Waals surface area contributed by atoms with E-state index in [9.17, 15) is 0 Å². The number of nitrogens with zero attached hydrogens (tertiary/aromatic N) is 3. The fraction of sp³-hybridized carbons (Fsp3) is 0.0625. The maximum atomic E-state index is 5.59. The Hall–Kier alpha value is -2.95. The van der Waals surface area contributed by atoms with Gasteiger partial charge in [0.15, 0.2) is 0 Å². The van der Waals surface area contributed by atoms with Gasteiger partial charge in [-0.2, -0.15) is 0 Å². The normalized spacial score (nSPS) is 11.1. The molecule has 0 unspecified atom stereocenters. The van der Waals surface area contributed by atoms with Crippen LogP contribution < -0.4 is 0 Å². The van der Waals surface area contributed by atoms with E-state index in [1.807, 2.05) is 36.4 Å². The first-order valence-corrected chi connectivity index (χ1v) is 6.54. The largest absolute Gasteiger partial charge is 0.464 e. The Labute approximate surface area is 120 Å². The lowest BCUT2D eigenvalue weighted by Gasteiger charge is -1.98. The summed E-state index contributed by atoms with van der Waals surface area (Å²) in [6.45, 7) is 1.77. The molecule has 0 aliphatic heterocycles. The van der Waals surface area contributed by atoms with E-state index in [0.717, 1.165) is 27.8 Å². The molecule has 0 saturated carbocycles. The van der Waals surface area contributed by atoms with Crippen molar-refractivity contribution in [3.8, 4) is 22.7 Å². The van der Waals surface area contributed by atoms with Gasteiger partial charge < -0.3 is 8.83 Å². The molecule has 0 fully saturated rings. The molecule has 0 spiro atoms. The Morgan fingerprint density at radius 1 is 1.05 bits per heavy atom. The Kier molecular flexibility index (Phi) is 2.57. The molecule has 0 radical (unpaired) electrons. The molecule has 21 heavy (non-hydrogen) atoms. The van der Waals surface area contributed by atoms with Gasteiger partial charge in [0.05, 0.1) is 5.69 Å². The molecule has 102 valence electrons. The van der Waals surface area contributed by atoms with Gasteiger partial charge in [-0.05, 0) is 30.3 Å². The second-order valence-corrected chi connectivity index (χ2v) is 4.70. The van der Waals surface area contributed by atoms with Crippen LogP contribution in [0.2, 0.25) is 0 Å². The summed E-state index contributed by atoms with van der Waals surface area (Å²) in [6, 6.07) is 11.6. The van der Waals surface area contributed by atoms with Crippen molar-refractivity contribution >= 4 is 11.0 Å². The zero-order valence-corrected chi connectivity index (χ0v) is 11.3. The van der Waals surface area contributed by atoms with E-state index in [4.69, 9.17) is 8.83 Å². The van der Waals surface area contributed by atoms with E-state index in [0.29, 0.717) is 11.8 Å².